The van der Waals surface area contributed by atoms with Crippen molar-refractivity contribution in [1.29, 1.82) is 0 Å². The Morgan fingerprint density at radius 2 is 2.00 bits per heavy atom. The Balaban J connectivity index is 2.33. The van der Waals surface area contributed by atoms with Crippen LogP contribution in [-0.2, 0) is 16.0 Å². The van der Waals surface area contributed by atoms with E-state index in [0.29, 0.717) is 6.42 Å². The fourth-order valence-electron chi connectivity index (χ4n) is 2.16. The zero-order valence-corrected chi connectivity index (χ0v) is 13.9. The number of unbranched alkanes of at least 4 members (excludes halogenated alkanes) is 1. The first-order valence-corrected chi connectivity index (χ1v) is 7.69. The van der Waals surface area contributed by atoms with Crippen LogP contribution in [0.2, 0.25) is 0 Å². The fraction of sp³-hybridized carbons (Fsp3) is 0.562. The minimum Gasteiger partial charge on any atom is -0.389 e. The summed E-state index contributed by atoms with van der Waals surface area (Å²) in [5, 5.41) is 16.6. The first kappa shape index (κ1) is 18.9. The van der Waals surface area contributed by atoms with Crippen LogP contribution in [0.5, 0.6) is 0 Å². The lowest BCUT2D eigenvalue weighted by atomic mass is 10.2. The lowest BCUT2D eigenvalue weighted by molar-refractivity contribution is -0.132. The van der Waals surface area contributed by atoms with Crippen molar-refractivity contribution in [3.63, 3.8) is 0 Å². The normalized spacial score (nSPS) is 11.8. The topological polar surface area (TPSA) is 89.5 Å². The molecule has 0 saturated heterocycles. The molecule has 0 radical (unpaired) electrons. The van der Waals surface area contributed by atoms with E-state index in [9.17, 15) is 14.7 Å². The predicted octanol–water partition coefficient (Wildman–Crippen LogP) is 0.586. The minimum atomic E-state index is -0.779. The van der Waals surface area contributed by atoms with Crippen molar-refractivity contribution >= 4 is 11.8 Å². The molecule has 0 saturated carbocycles. The number of hydrogen-bond donors (Lipinski definition) is 2. The number of aliphatic hydroxyl groups is 1. The van der Waals surface area contributed by atoms with Crippen LogP contribution >= 0.6 is 0 Å². The van der Waals surface area contributed by atoms with Gasteiger partial charge in [0.05, 0.1) is 12.5 Å². The fourth-order valence-corrected chi connectivity index (χ4v) is 2.16. The van der Waals surface area contributed by atoms with Gasteiger partial charge < -0.3 is 14.9 Å². The number of hydrogen-bond acceptors (Lipinski definition) is 4. The molecule has 1 rings (SSSR count). The van der Waals surface area contributed by atoms with Crippen LogP contribution in [0, 0.1) is 0 Å². The zero-order valence-electron chi connectivity index (χ0n) is 13.9. The molecule has 7 heteroatoms. The van der Waals surface area contributed by atoms with Gasteiger partial charge in [0.25, 0.3) is 0 Å². The Morgan fingerprint density at radius 3 is 2.57 bits per heavy atom. The Labute approximate surface area is 137 Å². The molecular formula is C16H26N4O3. The van der Waals surface area contributed by atoms with Crippen LogP contribution in [0.25, 0.3) is 0 Å². The molecule has 1 atom stereocenters. The van der Waals surface area contributed by atoms with Gasteiger partial charge in [-0.25, -0.2) is 0 Å². The minimum absolute atomic E-state index is 0.0164. The van der Waals surface area contributed by atoms with E-state index in [4.69, 9.17) is 0 Å². The summed E-state index contributed by atoms with van der Waals surface area (Å²) >= 11 is 0. The standard InChI is InChI=1S/C16H26N4O3/c1-4-5-6-7-15(22)19(2)11-14(21)12-20(3)16(23)10-13-8-9-17-18-13/h4,8-9,14,21H,1,5-7,10-12H2,2-3H3,(H,17,18). The maximum Gasteiger partial charge on any atom is 0.228 e. The third-order valence-corrected chi connectivity index (χ3v) is 3.52. The van der Waals surface area contributed by atoms with Crippen molar-refractivity contribution in [3.8, 4) is 0 Å². The average molecular weight is 322 g/mol. The molecule has 0 aromatic carbocycles. The largest absolute Gasteiger partial charge is 0.389 e. The summed E-state index contributed by atoms with van der Waals surface area (Å²) in [5.41, 5.74) is 0.728. The SMILES string of the molecule is C=CCCCC(=O)N(C)CC(O)CN(C)C(=O)Cc1ccn[nH]1. The van der Waals surface area contributed by atoms with Crippen LogP contribution in [0.1, 0.15) is 25.0 Å². The van der Waals surface area contributed by atoms with E-state index in [0.717, 1.165) is 18.5 Å². The number of carbonyl (C=O) groups excluding carboxylic acids is 2. The quantitative estimate of drug-likeness (QED) is 0.487. The molecule has 1 aromatic heterocycles. The van der Waals surface area contributed by atoms with Crippen molar-refractivity contribution in [1.82, 2.24) is 20.0 Å². The molecule has 0 spiro atoms. The van der Waals surface area contributed by atoms with Gasteiger partial charge in [-0.15, -0.1) is 6.58 Å². The maximum absolute atomic E-state index is 12.0. The molecule has 1 unspecified atom stereocenters. The monoisotopic (exact) mass is 322 g/mol. The van der Waals surface area contributed by atoms with Crippen molar-refractivity contribution in [2.45, 2.75) is 31.8 Å². The Morgan fingerprint density at radius 1 is 1.35 bits per heavy atom. The lowest BCUT2D eigenvalue weighted by Gasteiger charge is -2.25. The molecule has 7 nitrogen and oxygen atoms in total. The van der Waals surface area contributed by atoms with Gasteiger partial charge in [-0.3, -0.25) is 14.7 Å². The highest BCUT2D eigenvalue weighted by molar-refractivity contribution is 5.78. The van der Waals surface area contributed by atoms with Gasteiger partial charge in [0.15, 0.2) is 0 Å². The van der Waals surface area contributed by atoms with E-state index in [1.54, 1.807) is 32.4 Å². The summed E-state index contributed by atoms with van der Waals surface area (Å²) in [7, 11) is 3.29. The molecule has 0 aliphatic rings. The maximum atomic E-state index is 12.0. The number of aromatic nitrogens is 2. The summed E-state index contributed by atoms with van der Waals surface area (Å²) < 4.78 is 0. The highest BCUT2D eigenvalue weighted by Crippen LogP contribution is 2.03. The molecule has 1 aromatic rings. The zero-order chi connectivity index (χ0) is 17.2. The van der Waals surface area contributed by atoms with Gasteiger partial charge >= 0.3 is 0 Å². The van der Waals surface area contributed by atoms with Crippen molar-refractivity contribution < 1.29 is 14.7 Å². The highest BCUT2D eigenvalue weighted by Gasteiger charge is 2.18. The molecule has 0 aliphatic heterocycles. The highest BCUT2D eigenvalue weighted by atomic mass is 16.3. The number of allylic oxidation sites excluding steroid dienone is 1. The van der Waals surface area contributed by atoms with Gasteiger partial charge in [0, 0.05) is 45.5 Å². The summed E-state index contributed by atoms with van der Waals surface area (Å²) in [6.45, 7) is 4.00. The molecule has 1 heterocycles. The number of amides is 2. The van der Waals surface area contributed by atoms with Crippen LogP contribution in [0.3, 0.4) is 0 Å². The molecule has 2 amide bonds. The summed E-state index contributed by atoms with van der Waals surface area (Å²) in [6, 6.07) is 1.73. The number of rotatable bonds is 10. The number of nitrogens with one attached hydrogen (secondary N) is 1. The Kier molecular flexibility index (Phi) is 8.04. The van der Waals surface area contributed by atoms with Crippen LogP contribution in [0.15, 0.2) is 24.9 Å². The lowest BCUT2D eigenvalue weighted by Crippen LogP contribution is -2.42. The smallest absolute Gasteiger partial charge is 0.228 e. The molecule has 23 heavy (non-hydrogen) atoms. The average Bonchev–Trinajstić information content (AvgIpc) is 2.99. The number of aliphatic hydroxyl groups excluding tert-OH is 1. The Hall–Kier alpha value is -2.15. The second-order valence-electron chi connectivity index (χ2n) is 5.64. The van der Waals surface area contributed by atoms with Crippen molar-refractivity contribution in [3.05, 3.63) is 30.6 Å². The van der Waals surface area contributed by atoms with Gasteiger partial charge in [-0.05, 0) is 18.9 Å². The molecule has 0 aliphatic carbocycles. The third kappa shape index (κ3) is 7.10. The van der Waals surface area contributed by atoms with E-state index < -0.39 is 6.10 Å². The van der Waals surface area contributed by atoms with E-state index in [-0.39, 0.29) is 31.3 Å². The molecule has 128 valence electrons. The van der Waals surface area contributed by atoms with E-state index >= 15 is 0 Å². The number of H-pyrrole nitrogens is 1. The van der Waals surface area contributed by atoms with Gasteiger partial charge in [0.1, 0.15) is 0 Å². The first-order chi connectivity index (χ1) is 10.9. The summed E-state index contributed by atoms with van der Waals surface area (Å²) in [4.78, 5) is 26.9. The number of aromatic amines is 1. The molecule has 2 N–H and O–H groups in total. The summed E-state index contributed by atoms with van der Waals surface area (Å²) in [6.07, 6.45) is 4.79. The predicted molar refractivity (Wildman–Crippen MR) is 87.6 cm³/mol. The first-order valence-electron chi connectivity index (χ1n) is 7.69. The van der Waals surface area contributed by atoms with Gasteiger partial charge in [0.2, 0.25) is 11.8 Å². The summed E-state index contributed by atoms with van der Waals surface area (Å²) in [5.74, 6) is -0.134. The number of likely N-dealkylation sites (N-methyl/N-ethyl adjacent to an activating group) is 2. The second-order valence-corrected chi connectivity index (χ2v) is 5.64. The Bertz CT molecular complexity index is 501. The number of nitrogens with zero attached hydrogens (tertiary/aromatic N) is 3. The van der Waals surface area contributed by atoms with E-state index in [1.807, 2.05) is 0 Å². The second kappa shape index (κ2) is 9.78. The number of carbonyl (C=O) groups is 2. The van der Waals surface area contributed by atoms with Gasteiger partial charge in [-0.1, -0.05) is 6.08 Å². The van der Waals surface area contributed by atoms with Crippen molar-refractivity contribution in [2.75, 3.05) is 27.2 Å². The van der Waals surface area contributed by atoms with Crippen LogP contribution in [-0.4, -0.2) is 70.2 Å². The molecular weight excluding hydrogens is 296 g/mol. The molecule has 0 bridgehead atoms. The van der Waals surface area contributed by atoms with E-state index in [2.05, 4.69) is 16.8 Å². The van der Waals surface area contributed by atoms with Crippen molar-refractivity contribution in [2.24, 2.45) is 0 Å². The third-order valence-electron chi connectivity index (χ3n) is 3.52. The van der Waals surface area contributed by atoms with Crippen LogP contribution in [0.4, 0.5) is 0 Å². The van der Waals surface area contributed by atoms with Crippen LogP contribution < -0.4 is 0 Å². The molecule has 0 fully saturated rings. The van der Waals surface area contributed by atoms with E-state index in [1.165, 1.54) is 9.80 Å². The van der Waals surface area contributed by atoms with Gasteiger partial charge in [-0.2, -0.15) is 5.10 Å².